The van der Waals surface area contributed by atoms with Gasteiger partial charge in [0.05, 0.1) is 12.8 Å². The number of nitrogens with zero attached hydrogens (tertiary/aromatic N) is 1. The Morgan fingerprint density at radius 3 is 2.28 bits per heavy atom. The zero-order chi connectivity index (χ0) is 17.5. The van der Waals surface area contributed by atoms with Crippen molar-refractivity contribution in [3.8, 4) is 0 Å². The Bertz CT molecular complexity index is 772. The van der Waals surface area contributed by atoms with E-state index in [0.29, 0.717) is 13.1 Å². The topological polar surface area (TPSA) is 33.5 Å². The highest BCUT2D eigenvalue weighted by Gasteiger charge is 2.24. The van der Waals surface area contributed by atoms with Crippen molar-refractivity contribution >= 4 is 17.5 Å². The number of rotatable bonds is 7. The fraction of sp³-hybridized carbons (Fsp3) is 0.190. The van der Waals surface area contributed by atoms with Crippen LogP contribution < -0.4 is 0 Å². The lowest BCUT2D eigenvalue weighted by Crippen LogP contribution is -2.34. The van der Waals surface area contributed by atoms with Crippen LogP contribution in [-0.4, -0.2) is 17.4 Å². The molecule has 1 heterocycles. The van der Waals surface area contributed by atoms with Crippen LogP contribution in [0.5, 0.6) is 0 Å². The third-order valence-corrected chi connectivity index (χ3v) is 4.50. The molecule has 1 unspecified atom stereocenters. The number of halogens is 1. The van der Waals surface area contributed by atoms with Crippen molar-refractivity contribution in [3.05, 3.63) is 95.9 Å². The summed E-state index contributed by atoms with van der Waals surface area (Å²) >= 11 is 6.45. The number of hydrogen-bond donors (Lipinski definition) is 0. The summed E-state index contributed by atoms with van der Waals surface area (Å²) in [6.45, 7) is 0.994. The van der Waals surface area contributed by atoms with Gasteiger partial charge in [-0.2, -0.15) is 0 Å². The van der Waals surface area contributed by atoms with Crippen molar-refractivity contribution in [2.75, 3.05) is 6.54 Å². The molecule has 0 radical (unpaired) electrons. The number of hydrogen-bond acceptors (Lipinski definition) is 2. The number of amides is 1. The van der Waals surface area contributed by atoms with Gasteiger partial charge in [-0.1, -0.05) is 60.7 Å². The van der Waals surface area contributed by atoms with E-state index in [4.69, 9.17) is 16.0 Å². The molecule has 0 N–H and O–H groups in total. The second-order valence-electron chi connectivity index (χ2n) is 5.85. The maximum Gasteiger partial charge on any atom is 0.245 e. The van der Waals surface area contributed by atoms with Crippen molar-refractivity contribution in [1.29, 1.82) is 0 Å². The van der Waals surface area contributed by atoms with Gasteiger partial charge in [-0.25, -0.2) is 0 Å². The van der Waals surface area contributed by atoms with E-state index in [2.05, 4.69) is 12.1 Å². The smallest absolute Gasteiger partial charge is 0.245 e. The number of alkyl halides is 1. The Hall–Kier alpha value is -2.52. The minimum Gasteiger partial charge on any atom is -0.467 e. The molecule has 0 aliphatic carbocycles. The zero-order valence-corrected chi connectivity index (χ0v) is 14.6. The highest BCUT2D eigenvalue weighted by molar-refractivity contribution is 6.30. The van der Waals surface area contributed by atoms with E-state index in [1.54, 1.807) is 11.2 Å². The lowest BCUT2D eigenvalue weighted by molar-refractivity contribution is -0.131. The van der Waals surface area contributed by atoms with E-state index < -0.39 is 5.38 Å². The summed E-state index contributed by atoms with van der Waals surface area (Å²) in [7, 11) is 0. The molecule has 1 aromatic heterocycles. The molecule has 0 spiro atoms. The summed E-state index contributed by atoms with van der Waals surface area (Å²) in [4.78, 5) is 14.7. The first-order valence-corrected chi connectivity index (χ1v) is 8.72. The third kappa shape index (κ3) is 4.74. The van der Waals surface area contributed by atoms with E-state index in [-0.39, 0.29) is 5.91 Å². The first-order chi connectivity index (χ1) is 12.2. The van der Waals surface area contributed by atoms with E-state index in [1.807, 2.05) is 60.7 Å². The van der Waals surface area contributed by atoms with Crippen LogP contribution in [-0.2, 0) is 17.8 Å². The lowest BCUT2D eigenvalue weighted by atomic mass is 10.1. The van der Waals surface area contributed by atoms with Gasteiger partial charge in [-0.05, 0) is 29.7 Å². The molecule has 2 aromatic carbocycles. The summed E-state index contributed by atoms with van der Waals surface area (Å²) in [5.74, 6) is 0.638. The quantitative estimate of drug-likeness (QED) is 0.570. The van der Waals surface area contributed by atoms with Gasteiger partial charge in [-0.15, -0.1) is 11.6 Å². The summed E-state index contributed by atoms with van der Waals surface area (Å²) in [6.07, 6.45) is 2.39. The third-order valence-electron chi connectivity index (χ3n) is 4.06. The van der Waals surface area contributed by atoms with Gasteiger partial charge in [0, 0.05) is 6.54 Å². The predicted molar refractivity (Wildman–Crippen MR) is 99.3 cm³/mol. The molecule has 0 bridgehead atoms. The molecular weight excluding hydrogens is 334 g/mol. The van der Waals surface area contributed by atoms with Crippen molar-refractivity contribution in [2.24, 2.45) is 0 Å². The average Bonchev–Trinajstić information content (AvgIpc) is 3.18. The van der Waals surface area contributed by atoms with Crippen molar-refractivity contribution in [3.63, 3.8) is 0 Å². The van der Waals surface area contributed by atoms with E-state index in [9.17, 15) is 4.79 Å². The molecule has 1 amide bonds. The Labute approximate surface area is 152 Å². The standard InChI is InChI=1S/C21H20ClNO2/c22-20(18-10-5-2-6-11-18)21(24)23(16-19-12-7-15-25-19)14-13-17-8-3-1-4-9-17/h1-12,15,20H,13-14,16H2. The molecule has 4 heteroatoms. The zero-order valence-electron chi connectivity index (χ0n) is 13.8. The summed E-state index contributed by atoms with van der Waals surface area (Å²) in [5, 5.41) is -0.702. The monoisotopic (exact) mass is 353 g/mol. The molecule has 3 aromatic rings. The van der Waals surface area contributed by atoms with Crippen LogP contribution in [0.1, 0.15) is 22.3 Å². The molecule has 0 saturated heterocycles. The first kappa shape index (κ1) is 17.3. The van der Waals surface area contributed by atoms with E-state index >= 15 is 0 Å². The van der Waals surface area contributed by atoms with E-state index in [1.165, 1.54) is 5.56 Å². The molecular formula is C21H20ClNO2. The van der Waals surface area contributed by atoms with Gasteiger partial charge in [0.2, 0.25) is 5.91 Å². The van der Waals surface area contributed by atoms with Crippen molar-refractivity contribution in [2.45, 2.75) is 18.3 Å². The number of carbonyl (C=O) groups is 1. The van der Waals surface area contributed by atoms with Crippen LogP contribution in [0.4, 0.5) is 0 Å². The molecule has 0 aliphatic heterocycles. The van der Waals surface area contributed by atoms with Crippen molar-refractivity contribution < 1.29 is 9.21 Å². The van der Waals surface area contributed by atoms with Crippen LogP contribution in [0.25, 0.3) is 0 Å². The van der Waals surface area contributed by atoms with Crippen molar-refractivity contribution in [1.82, 2.24) is 4.90 Å². The van der Waals surface area contributed by atoms with Crippen LogP contribution in [0.2, 0.25) is 0 Å². The average molecular weight is 354 g/mol. The number of benzene rings is 2. The molecule has 0 aliphatic rings. The maximum absolute atomic E-state index is 12.9. The molecule has 25 heavy (non-hydrogen) atoms. The fourth-order valence-electron chi connectivity index (χ4n) is 2.69. The summed E-state index contributed by atoms with van der Waals surface area (Å²) < 4.78 is 5.41. The minimum absolute atomic E-state index is 0.111. The normalized spacial score (nSPS) is 11.9. The SMILES string of the molecule is O=C(C(Cl)c1ccccc1)N(CCc1ccccc1)Cc1ccco1. The summed E-state index contributed by atoms with van der Waals surface area (Å²) in [5.41, 5.74) is 1.99. The second kappa shape index (κ2) is 8.54. The highest BCUT2D eigenvalue weighted by atomic mass is 35.5. The molecule has 0 saturated carbocycles. The first-order valence-electron chi connectivity index (χ1n) is 8.28. The van der Waals surface area contributed by atoms with Gasteiger partial charge in [0.15, 0.2) is 0 Å². The maximum atomic E-state index is 12.9. The Morgan fingerprint density at radius 2 is 1.64 bits per heavy atom. The van der Waals surface area contributed by atoms with Gasteiger partial charge < -0.3 is 9.32 Å². The van der Waals surface area contributed by atoms with Gasteiger partial charge >= 0.3 is 0 Å². The molecule has 3 nitrogen and oxygen atoms in total. The largest absolute Gasteiger partial charge is 0.467 e. The Morgan fingerprint density at radius 1 is 0.960 bits per heavy atom. The second-order valence-corrected chi connectivity index (χ2v) is 6.28. The number of furan rings is 1. The van der Waals surface area contributed by atoms with Gasteiger partial charge in [-0.3, -0.25) is 4.79 Å². The van der Waals surface area contributed by atoms with Crippen LogP contribution in [0.15, 0.2) is 83.5 Å². The van der Waals surface area contributed by atoms with Gasteiger partial charge in [0.25, 0.3) is 0 Å². The Kier molecular flexibility index (Phi) is 5.91. The molecule has 1 atom stereocenters. The molecule has 128 valence electrons. The lowest BCUT2D eigenvalue weighted by Gasteiger charge is -2.24. The van der Waals surface area contributed by atoms with Crippen LogP contribution >= 0.6 is 11.6 Å². The fourth-order valence-corrected chi connectivity index (χ4v) is 2.97. The Balaban J connectivity index is 1.74. The highest BCUT2D eigenvalue weighted by Crippen LogP contribution is 2.24. The number of carbonyl (C=O) groups excluding carboxylic acids is 1. The van der Waals surface area contributed by atoms with E-state index in [0.717, 1.165) is 17.7 Å². The van der Waals surface area contributed by atoms with Crippen LogP contribution in [0.3, 0.4) is 0 Å². The molecule has 3 rings (SSSR count). The molecule has 0 fully saturated rings. The summed E-state index contributed by atoms with van der Waals surface area (Å²) in [6, 6.07) is 23.2. The minimum atomic E-state index is -0.702. The predicted octanol–water partition coefficient (Wildman–Crippen LogP) is 4.83. The van der Waals surface area contributed by atoms with Crippen LogP contribution in [0, 0.1) is 0 Å². The van der Waals surface area contributed by atoms with Gasteiger partial charge in [0.1, 0.15) is 11.1 Å².